The lowest BCUT2D eigenvalue weighted by molar-refractivity contribution is 0.425. The number of benzene rings is 2. The SMILES string of the molecule is Cc1cccc(Cn2cc(CNC(C)(C)C)c3ccccc32)c1. The molecule has 0 aliphatic carbocycles. The molecule has 1 heterocycles. The van der Waals surface area contributed by atoms with E-state index < -0.39 is 0 Å². The number of hydrogen-bond acceptors (Lipinski definition) is 1. The fraction of sp³-hybridized carbons (Fsp3) is 0.333. The summed E-state index contributed by atoms with van der Waals surface area (Å²) in [7, 11) is 0. The summed E-state index contributed by atoms with van der Waals surface area (Å²) in [6.07, 6.45) is 2.30. The number of nitrogens with zero attached hydrogens (tertiary/aromatic N) is 1. The van der Waals surface area contributed by atoms with Crippen LogP contribution in [0.1, 0.15) is 37.5 Å². The first-order valence-electron chi connectivity index (χ1n) is 8.30. The van der Waals surface area contributed by atoms with Gasteiger partial charge in [0.25, 0.3) is 0 Å². The summed E-state index contributed by atoms with van der Waals surface area (Å²) in [5, 5.41) is 4.95. The van der Waals surface area contributed by atoms with Crippen LogP contribution in [0.4, 0.5) is 0 Å². The van der Waals surface area contributed by atoms with Gasteiger partial charge in [0, 0.05) is 35.7 Å². The summed E-state index contributed by atoms with van der Waals surface area (Å²) in [5.41, 5.74) is 5.46. The van der Waals surface area contributed by atoms with Crippen molar-refractivity contribution >= 4 is 10.9 Å². The molecule has 1 N–H and O–H groups in total. The highest BCUT2D eigenvalue weighted by Gasteiger charge is 2.12. The van der Waals surface area contributed by atoms with Crippen LogP contribution in [0.3, 0.4) is 0 Å². The largest absolute Gasteiger partial charge is 0.343 e. The second-order valence-electron chi connectivity index (χ2n) is 7.39. The molecule has 0 bridgehead atoms. The smallest absolute Gasteiger partial charge is 0.0486 e. The third kappa shape index (κ3) is 3.83. The van der Waals surface area contributed by atoms with Crippen LogP contribution in [-0.4, -0.2) is 10.1 Å². The Morgan fingerprint density at radius 2 is 1.78 bits per heavy atom. The van der Waals surface area contributed by atoms with E-state index in [0.29, 0.717) is 0 Å². The molecule has 0 atom stereocenters. The molecule has 0 saturated carbocycles. The first-order chi connectivity index (χ1) is 10.9. The van der Waals surface area contributed by atoms with Gasteiger partial charge in [0.05, 0.1) is 0 Å². The Labute approximate surface area is 139 Å². The Morgan fingerprint density at radius 1 is 1.00 bits per heavy atom. The van der Waals surface area contributed by atoms with Gasteiger partial charge in [0.2, 0.25) is 0 Å². The molecule has 0 radical (unpaired) electrons. The van der Waals surface area contributed by atoms with Gasteiger partial charge >= 0.3 is 0 Å². The average Bonchev–Trinajstić information content (AvgIpc) is 2.83. The van der Waals surface area contributed by atoms with Crippen LogP contribution >= 0.6 is 0 Å². The van der Waals surface area contributed by atoms with Crippen LogP contribution in [0.2, 0.25) is 0 Å². The van der Waals surface area contributed by atoms with E-state index in [1.807, 2.05) is 0 Å². The Bertz CT molecular complexity index is 806. The highest BCUT2D eigenvalue weighted by atomic mass is 15.0. The van der Waals surface area contributed by atoms with Gasteiger partial charge in [-0.2, -0.15) is 0 Å². The summed E-state index contributed by atoms with van der Waals surface area (Å²) < 4.78 is 2.36. The zero-order chi connectivity index (χ0) is 16.4. The quantitative estimate of drug-likeness (QED) is 0.726. The first kappa shape index (κ1) is 15.8. The molecule has 0 fully saturated rings. The molecular formula is C21H26N2. The van der Waals surface area contributed by atoms with Gasteiger partial charge in [-0.25, -0.2) is 0 Å². The Balaban J connectivity index is 1.94. The third-order valence-corrected chi connectivity index (χ3v) is 4.12. The molecule has 2 nitrogen and oxygen atoms in total. The molecule has 0 aliphatic heterocycles. The number of rotatable bonds is 4. The number of para-hydroxylation sites is 1. The van der Waals surface area contributed by atoms with E-state index >= 15 is 0 Å². The van der Waals surface area contributed by atoms with Crippen molar-refractivity contribution in [3.8, 4) is 0 Å². The lowest BCUT2D eigenvalue weighted by Gasteiger charge is -2.20. The zero-order valence-electron chi connectivity index (χ0n) is 14.6. The molecule has 0 saturated heterocycles. The maximum Gasteiger partial charge on any atom is 0.0486 e. The van der Waals surface area contributed by atoms with Gasteiger partial charge in [-0.3, -0.25) is 0 Å². The normalized spacial score (nSPS) is 12.0. The van der Waals surface area contributed by atoms with E-state index in [0.717, 1.165) is 13.1 Å². The van der Waals surface area contributed by atoms with E-state index in [9.17, 15) is 0 Å². The number of hydrogen-bond donors (Lipinski definition) is 1. The summed E-state index contributed by atoms with van der Waals surface area (Å²) in [5.74, 6) is 0. The lowest BCUT2D eigenvalue weighted by atomic mass is 10.1. The third-order valence-electron chi connectivity index (χ3n) is 4.12. The summed E-state index contributed by atoms with van der Waals surface area (Å²) >= 11 is 0. The zero-order valence-corrected chi connectivity index (χ0v) is 14.6. The monoisotopic (exact) mass is 306 g/mol. The number of nitrogens with one attached hydrogen (secondary N) is 1. The molecule has 23 heavy (non-hydrogen) atoms. The molecule has 120 valence electrons. The molecule has 0 aliphatic rings. The Hall–Kier alpha value is -2.06. The molecule has 2 aromatic carbocycles. The Kier molecular flexibility index (Phi) is 4.27. The van der Waals surface area contributed by atoms with E-state index in [-0.39, 0.29) is 5.54 Å². The van der Waals surface area contributed by atoms with Gasteiger partial charge in [0.15, 0.2) is 0 Å². The van der Waals surface area contributed by atoms with Crippen LogP contribution in [-0.2, 0) is 13.1 Å². The minimum absolute atomic E-state index is 0.125. The summed E-state index contributed by atoms with van der Waals surface area (Å²) in [6, 6.07) is 17.4. The van der Waals surface area contributed by atoms with Crippen molar-refractivity contribution in [1.82, 2.24) is 9.88 Å². The fourth-order valence-electron chi connectivity index (χ4n) is 2.96. The molecule has 3 aromatic rings. The van der Waals surface area contributed by atoms with Crippen LogP contribution in [0.15, 0.2) is 54.7 Å². The predicted octanol–water partition coefficient (Wildman–Crippen LogP) is 4.89. The highest BCUT2D eigenvalue weighted by Crippen LogP contribution is 2.23. The van der Waals surface area contributed by atoms with Crippen molar-refractivity contribution in [2.24, 2.45) is 0 Å². The molecule has 0 spiro atoms. The van der Waals surface area contributed by atoms with Crippen molar-refractivity contribution in [2.75, 3.05) is 0 Å². The van der Waals surface area contributed by atoms with Gasteiger partial charge in [-0.05, 0) is 44.9 Å². The van der Waals surface area contributed by atoms with E-state index in [2.05, 4.69) is 92.3 Å². The van der Waals surface area contributed by atoms with Crippen molar-refractivity contribution in [2.45, 2.75) is 46.3 Å². The standard InChI is InChI=1S/C21H26N2/c1-16-8-7-9-17(12-16)14-23-15-18(13-22-21(2,3)4)19-10-5-6-11-20(19)23/h5-12,15,22H,13-14H2,1-4H3. The number of aromatic nitrogens is 1. The predicted molar refractivity (Wildman–Crippen MR) is 98.8 cm³/mol. The Morgan fingerprint density at radius 3 is 2.52 bits per heavy atom. The average molecular weight is 306 g/mol. The maximum atomic E-state index is 3.60. The second-order valence-corrected chi connectivity index (χ2v) is 7.39. The highest BCUT2D eigenvalue weighted by molar-refractivity contribution is 5.84. The first-order valence-corrected chi connectivity index (χ1v) is 8.30. The van der Waals surface area contributed by atoms with Gasteiger partial charge in [0.1, 0.15) is 0 Å². The topological polar surface area (TPSA) is 17.0 Å². The van der Waals surface area contributed by atoms with Crippen molar-refractivity contribution in [1.29, 1.82) is 0 Å². The van der Waals surface area contributed by atoms with Crippen LogP contribution < -0.4 is 5.32 Å². The van der Waals surface area contributed by atoms with Crippen molar-refractivity contribution in [3.63, 3.8) is 0 Å². The summed E-state index contributed by atoms with van der Waals surface area (Å²) in [6.45, 7) is 10.6. The van der Waals surface area contributed by atoms with Crippen LogP contribution in [0, 0.1) is 6.92 Å². The minimum atomic E-state index is 0.125. The molecule has 2 heteroatoms. The van der Waals surface area contributed by atoms with Gasteiger partial charge < -0.3 is 9.88 Å². The lowest BCUT2D eigenvalue weighted by Crippen LogP contribution is -2.34. The van der Waals surface area contributed by atoms with Crippen LogP contribution in [0.5, 0.6) is 0 Å². The van der Waals surface area contributed by atoms with Crippen molar-refractivity contribution < 1.29 is 0 Å². The van der Waals surface area contributed by atoms with Crippen LogP contribution in [0.25, 0.3) is 10.9 Å². The van der Waals surface area contributed by atoms with Crippen molar-refractivity contribution in [3.05, 3.63) is 71.4 Å². The second kappa shape index (κ2) is 6.21. The maximum absolute atomic E-state index is 3.60. The molecular weight excluding hydrogens is 280 g/mol. The minimum Gasteiger partial charge on any atom is -0.343 e. The number of fused-ring (bicyclic) bond motifs is 1. The van der Waals surface area contributed by atoms with E-state index in [1.165, 1.54) is 27.6 Å². The molecule has 0 unspecified atom stereocenters. The molecule has 1 aromatic heterocycles. The van der Waals surface area contributed by atoms with E-state index in [1.54, 1.807) is 0 Å². The molecule has 0 amide bonds. The van der Waals surface area contributed by atoms with Gasteiger partial charge in [-0.15, -0.1) is 0 Å². The van der Waals surface area contributed by atoms with E-state index in [4.69, 9.17) is 0 Å². The number of aryl methyl sites for hydroxylation is 1. The fourth-order valence-corrected chi connectivity index (χ4v) is 2.96. The van der Waals surface area contributed by atoms with Gasteiger partial charge in [-0.1, -0.05) is 48.0 Å². The summed E-state index contributed by atoms with van der Waals surface area (Å²) in [4.78, 5) is 0. The molecule has 3 rings (SSSR count).